The molecule has 23 heavy (non-hydrogen) atoms. The SMILES string of the molecule is Cc1ccc2c(c1)CCCCC(O)C(=O)/C=C\CC(C)OC2=O. The average Bonchev–Trinajstić information content (AvgIpc) is 2.50. The highest BCUT2D eigenvalue weighted by molar-refractivity contribution is 5.93. The van der Waals surface area contributed by atoms with Gasteiger partial charge in [0, 0.05) is 6.42 Å². The summed E-state index contributed by atoms with van der Waals surface area (Å²) in [6.07, 6.45) is 4.97. The second-order valence-electron chi connectivity index (χ2n) is 6.18. The van der Waals surface area contributed by atoms with E-state index in [-0.39, 0.29) is 17.9 Å². The molecule has 2 rings (SSSR count). The lowest BCUT2D eigenvalue weighted by atomic mass is 9.97. The molecule has 1 aromatic carbocycles. The van der Waals surface area contributed by atoms with Gasteiger partial charge in [-0.3, -0.25) is 4.79 Å². The number of ether oxygens (including phenoxy) is 1. The van der Waals surface area contributed by atoms with E-state index in [1.165, 1.54) is 6.08 Å². The molecule has 124 valence electrons. The van der Waals surface area contributed by atoms with Gasteiger partial charge in [0.05, 0.1) is 5.56 Å². The number of fused-ring (bicyclic) bond motifs is 1. The highest BCUT2D eigenvalue weighted by Crippen LogP contribution is 2.18. The molecule has 2 atom stereocenters. The number of cyclic esters (lactones) is 1. The topological polar surface area (TPSA) is 63.6 Å². The van der Waals surface area contributed by atoms with Gasteiger partial charge in [0.2, 0.25) is 0 Å². The molecule has 0 amide bonds. The van der Waals surface area contributed by atoms with Crippen LogP contribution in [0.2, 0.25) is 0 Å². The molecule has 1 aliphatic heterocycles. The van der Waals surface area contributed by atoms with Gasteiger partial charge in [-0.2, -0.15) is 0 Å². The van der Waals surface area contributed by atoms with Gasteiger partial charge in [-0.05, 0) is 50.8 Å². The van der Waals surface area contributed by atoms with Crippen molar-refractivity contribution in [3.05, 3.63) is 47.0 Å². The molecule has 0 saturated carbocycles. The van der Waals surface area contributed by atoms with Crippen molar-refractivity contribution >= 4 is 11.8 Å². The highest BCUT2D eigenvalue weighted by atomic mass is 16.5. The van der Waals surface area contributed by atoms with Gasteiger partial charge in [-0.1, -0.05) is 30.2 Å². The van der Waals surface area contributed by atoms with Crippen LogP contribution < -0.4 is 0 Å². The molecule has 0 radical (unpaired) electrons. The van der Waals surface area contributed by atoms with E-state index in [2.05, 4.69) is 0 Å². The van der Waals surface area contributed by atoms with Crippen molar-refractivity contribution in [2.45, 2.75) is 58.2 Å². The molecule has 1 heterocycles. The number of esters is 1. The van der Waals surface area contributed by atoms with Gasteiger partial charge < -0.3 is 9.84 Å². The molecule has 2 unspecified atom stereocenters. The minimum absolute atomic E-state index is 0.281. The standard InChI is InChI=1S/C19H24O4/c1-13-10-11-16-15(12-13)7-3-4-8-17(20)18(21)9-5-6-14(2)23-19(16)22/h5,9-12,14,17,20H,3-4,6-8H2,1-2H3/b9-5-. The number of aliphatic hydroxyl groups excluding tert-OH is 1. The molecule has 4 nitrogen and oxygen atoms in total. The van der Waals surface area contributed by atoms with Gasteiger partial charge in [-0.25, -0.2) is 4.79 Å². The van der Waals surface area contributed by atoms with E-state index in [0.29, 0.717) is 18.4 Å². The number of aryl methyl sites for hydroxylation is 2. The van der Waals surface area contributed by atoms with E-state index >= 15 is 0 Å². The zero-order valence-electron chi connectivity index (χ0n) is 13.7. The summed E-state index contributed by atoms with van der Waals surface area (Å²) in [6, 6.07) is 5.74. The van der Waals surface area contributed by atoms with Crippen molar-refractivity contribution in [3.63, 3.8) is 0 Å². The van der Waals surface area contributed by atoms with Gasteiger partial charge in [-0.15, -0.1) is 0 Å². The Morgan fingerprint density at radius 1 is 1.22 bits per heavy atom. The van der Waals surface area contributed by atoms with Crippen molar-refractivity contribution in [2.24, 2.45) is 0 Å². The minimum atomic E-state index is -0.941. The molecule has 0 spiro atoms. The predicted molar refractivity (Wildman–Crippen MR) is 88.4 cm³/mol. The third-order valence-electron chi connectivity index (χ3n) is 4.04. The summed E-state index contributed by atoms with van der Waals surface area (Å²) < 4.78 is 5.46. The van der Waals surface area contributed by atoms with E-state index in [1.807, 2.05) is 25.1 Å². The molecule has 1 aliphatic rings. The lowest BCUT2D eigenvalue weighted by Gasteiger charge is -2.15. The third kappa shape index (κ3) is 5.03. The quantitative estimate of drug-likeness (QED) is 0.747. The Morgan fingerprint density at radius 2 is 2.00 bits per heavy atom. The van der Waals surface area contributed by atoms with E-state index in [9.17, 15) is 14.7 Å². The Bertz CT molecular complexity index is 603. The summed E-state index contributed by atoms with van der Waals surface area (Å²) in [5.41, 5.74) is 2.68. The fraction of sp³-hybridized carbons (Fsp3) is 0.474. The van der Waals surface area contributed by atoms with Gasteiger partial charge >= 0.3 is 5.97 Å². The predicted octanol–water partition coefficient (Wildman–Crippen LogP) is 3.14. The summed E-state index contributed by atoms with van der Waals surface area (Å²) in [4.78, 5) is 24.1. The molecular weight excluding hydrogens is 292 g/mol. The van der Waals surface area contributed by atoms with Gasteiger partial charge in [0.25, 0.3) is 0 Å². The molecule has 0 fully saturated rings. The number of ketones is 1. The Hall–Kier alpha value is -1.94. The summed E-state index contributed by atoms with van der Waals surface area (Å²) >= 11 is 0. The average molecular weight is 316 g/mol. The second-order valence-corrected chi connectivity index (χ2v) is 6.18. The number of carbonyl (C=O) groups excluding carboxylic acids is 2. The maximum atomic E-state index is 12.4. The Kier molecular flexibility index (Phi) is 6.11. The minimum Gasteiger partial charge on any atom is -0.459 e. The fourth-order valence-corrected chi connectivity index (χ4v) is 2.71. The monoisotopic (exact) mass is 316 g/mol. The molecule has 4 heteroatoms. The van der Waals surface area contributed by atoms with Crippen LogP contribution in [0.3, 0.4) is 0 Å². The van der Waals surface area contributed by atoms with Crippen molar-refractivity contribution in [3.8, 4) is 0 Å². The largest absolute Gasteiger partial charge is 0.459 e. The first-order valence-corrected chi connectivity index (χ1v) is 8.16. The number of rotatable bonds is 0. The molecule has 0 aliphatic carbocycles. The Balaban J connectivity index is 2.22. The summed E-state index contributed by atoms with van der Waals surface area (Å²) in [5, 5.41) is 9.85. The zero-order valence-corrected chi connectivity index (χ0v) is 13.7. The number of carbonyl (C=O) groups is 2. The zero-order chi connectivity index (χ0) is 16.8. The van der Waals surface area contributed by atoms with Crippen molar-refractivity contribution < 1.29 is 19.4 Å². The van der Waals surface area contributed by atoms with Crippen LogP contribution in [0.5, 0.6) is 0 Å². The van der Waals surface area contributed by atoms with E-state index in [4.69, 9.17) is 4.74 Å². The lowest BCUT2D eigenvalue weighted by Crippen LogP contribution is -2.19. The molecule has 1 aromatic rings. The second kappa shape index (κ2) is 8.06. The maximum absolute atomic E-state index is 12.4. The van der Waals surface area contributed by atoms with Crippen LogP contribution in [0.1, 0.15) is 54.1 Å². The third-order valence-corrected chi connectivity index (χ3v) is 4.04. The number of aliphatic hydroxyl groups is 1. The van der Waals surface area contributed by atoms with Crippen LogP contribution in [0.4, 0.5) is 0 Å². The smallest absolute Gasteiger partial charge is 0.338 e. The lowest BCUT2D eigenvalue weighted by molar-refractivity contribution is -0.122. The van der Waals surface area contributed by atoms with Crippen LogP contribution in [0.25, 0.3) is 0 Å². The summed E-state index contributed by atoms with van der Waals surface area (Å²) in [5.74, 6) is -0.596. The highest BCUT2D eigenvalue weighted by Gasteiger charge is 2.17. The first-order valence-electron chi connectivity index (χ1n) is 8.16. The van der Waals surface area contributed by atoms with Crippen molar-refractivity contribution in [1.82, 2.24) is 0 Å². The number of benzene rings is 1. The van der Waals surface area contributed by atoms with Crippen LogP contribution >= 0.6 is 0 Å². The summed E-state index contributed by atoms with van der Waals surface area (Å²) in [6.45, 7) is 3.79. The Labute approximate surface area is 137 Å². The van der Waals surface area contributed by atoms with Crippen LogP contribution in [-0.2, 0) is 16.0 Å². The normalized spacial score (nSPS) is 25.2. The first-order chi connectivity index (χ1) is 11.0. The molecule has 0 saturated heterocycles. The molecule has 1 N–H and O–H groups in total. The van der Waals surface area contributed by atoms with Crippen molar-refractivity contribution in [1.29, 1.82) is 0 Å². The Morgan fingerprint density at radius 3 is 2.78 bits per heavy atom. The van der Waals surface area contributed by atoms with Crippen LogP contribution in [0.15, 0.2) is 30.4 Å². The molecule has 0 aromatic heterocycles. The van der Waals surface area contributed by atoms with Gasteiger partial charge in [0.15, 0.2) is 5.78 Å². The number of hydrogen-bond acceptors (Lipinski definition) is 4. The molecule has 0 bridgehead atoms. The van der Waals surface area contributed by atoms with E-state index in [0.717, 1.165) is 30.4 Å². The van der Waals surface area contributed by atoms with Crippen molar-refractivity contribution in [2.75, 3.05) is 0 Å². The van der Waals surface area contributed by atoms with E-state index < -0.39 is 6.10 Å². The van der Waals surface area contributed by atoms with Crippen LogP contribution in [-0.4, -0.2) is 29.1 Å². The van der Waals surface area contributed by atoms with Crippen LogP contribution in [0, 0.1) is 6.92 Å². The number of hydrogen-bond donors (Lipinski definition) is 1. The summed E-state index contributed by atoms with van der Waals surface area (Å²) in [7, 11) is 0. The first kappa shape index (κ1) is 17.4. The maximum Gasteiger partial charge on any atom is 0.338 e. The fourth-order valence-electron chi connectivity index (χ4n) is 2.71. The molecular formula is C19H24O4. The van der Waals surface area contributed by atoms with E-state index in [1.54, 1.807) is 13.0 Å². The van der Waals surface area contributed by atoms with Gasteiger partial charge in [0.1, 0.15) is 12.2 Å².